The normalized spacial score (nSPS) is 12.2. The van der Waals surface area contributed by atoms with Gasteiger partial charge in [-0.25, -0.2) is 13.6 Å². The van der Waals surface area contributed by atoms with Crippen LogP contribution in [0.15, 0.2) is 18.2 Å². The molecule has 1 atom stereocenters. The van der Waals surface area contributed by atoms with Crippen LogP contribution in [0.2, 0.25) is 0 Å². The van der Waals surface area contributed by atoms with Gasteiger partial charge in [-0.3, -0.25) is 0 Å². The molecule has 0 heterocycles. The number of benzene rings is 1. The summed E-state index contributed by atoms with van der Waals surface area (Å²) < 4.78 is 31.9. The number of hydrogen-bond donors (Lipinski definition) is 0. The molecule has 0 bridgehead atoms. The fraction of sp³-hybridized carbons (Fsp3) is 0.667. The van der Waals surface area contributed by atoms with Crippen LogP contribution in [0.5, 0.6) is 0 Å². The van der Waals surface area contributed by atoms with E-state index in [0.29, 0.717) is 0 Å². The highest BCUT2D eigenvalue weighted by Crippen LogP contribution is 2.18. The van der Waals surface area contributed by atoms with Gasteiger partial charge in [-0.1, -0.05) is 58.8 Å². The summed E-state index contributed by atoms with van der Waals surface area (Å²) in [6, 6.07) is 3.14. The Balaban J connectivity index is 2.50. The number of halogens is 2. The van der Waals surface area contributed by atoms with Crippen LogP contribution in [-0.2, 0) is 4.74 Å². The number of unbranched alkanes of at least 4 members (excludes halogenated alkanes) is 7. The predicted octanol–water partition coefficient (Wildman–Crippen LogP) is 6.82. The van der Waals surface area contributed by atoms with Crippen LogP contribution in [0.4, 0.5) is 8.78 Å². The molecule has 0 spiro atoms. The lowest BCUT2D eigenvalue weighted by Gasteiger charge is -2.18. The Morgan fingerprint density at radius 3 is 2.08 bits per heavy atom. The van der Waals surface area contributed by atoms with Gasteiger partial charge in [0, 0.05) is 0 Å². The van der Waals surface area contributed by atoms with E-state index in [1.54, 1.807) is 0 Å². The zero-order chi connectivity index (χ0) is 18.5. The van der Waals surface area contributed by atoms with Crippen molar-refractivity contribution in [3.8, 4) is 0 Å². The van der Waals surface area contributed by atoms with Crippen molar-refractivity contribution in [1.82, 2.24) is 0 Å². The average Bonchev–Trinajstić information content (AvgIpc) is 2.60. The molecular formula is C21H32F2O2. The summed E-state index contributed by atoms with van der Waals surface area (Å²) in [5.41, 5.74) is 0.0716. The number of rotatable bonds is 13. The van der Waals surface area contributed by atoms with Gasteiger partial charge in [0.25, 0.3) is 0 Å². The molecule has 4 heteroatoms. The monoisotopic (exact) mass is 354 g/mol. The van der Waals surface area contributed by atoms with E-state index in [1.165, 1.54) is 31.7 Å². The van der Waals surface area contributed by atoms with E-state index in [4.69, 9.17) is 4.74 Å². The topological polar surface area (TPSA) is 26.3 Å². The first-order chi connectivity index (χ1) is 12.1. The van der Waals surface area contributed by atoms with E-state index in [0.717, 1.165) is 57.1 Å². The maximum absolute atomic E-state index is 13.3. The standard InChI is InChI=1S/C21H32F2O2/c1-3-5-7-8-9-11-13-18(12-10-6-4-2)25-21(24)17-14-15-19(22)20(23)16-17/h14-16,18H,3-13H2,1-2H3. The molecule has 142 valence electrons. The highest BCUT2D eigenvalue weighted by atomic mass is 19.2. The van der Waals surface area contributed by atoms with Gasteiger partial charge in [0.05, 0.1) is 5.56 Å². The van der Waals surface area contributed by atoms with Crippen LogP contribution in [0.25, 0.3) is 0 Å². The van der Waals surface area contributed by atoms with Crippen molar-refractivity contribution in [2.75, 3.05) is 0 Å². The summed E-state index contributed by atoms with van der Waals surface area (Å²) in [6.07, 6.45) is 11.9. The Kier molecular flexibility index (Phi) is 11.1. The molecule has 0 amide bonds. The molecule has 2 nitrogen and oxygen atoms in total. The zero-order valence-corrected chi connectivity index (χ0v) is 15.7. The van der Waals surface area contributed by atoms with Crippen LogP contribution >= 0.6 is 0 Å². The van der Waals surface area contributed by atoms with Crippen LogP contribution in [0.1, 0.15) is 94.8 Å². The molecule has 1 unspecified atom stereocenters. The van der Waals surface area contributed by atoms with Gasteiger partial charge in [0.1, 0.15) is 6.10 Å². The summed E-state index contributed by atoms with van der Waals surface area (Å²) in [5.74, 6) is -2.54. The maximum atomic E-state index is 13.3. The molecule has 0 fully saturated rings. The summed E-state index contributed by atoms with van der Waals surface area (Å²) >= 11 is 0. The second-order valence-electron chi connectivity index (χ2n) is 6.71. The molecule has 0 aliphatic rings. The lowest BCUT2D eigenvalue weighted by molar-refractivity contribution is 0.0248. The Labute approximate surface area is 151 Å². The molecule has 0 N–H and O–H groups in total. The van der Waals surface area contributed by atoms with Crippen LogP contribution in [-0.4, -0.2) is 12.1 Å². The van der Waals surface area contributed by atoms with E-state index < -0.39 is 17.6 Å². The molecule has 1 aromatic rings. The number of carbonyl (C=O) groups is 1. The van der Waals surface area contributed by atoms with Crippen LogP contribution in [0, 0.1) is 11.6 Å². The molecule has 0 aliphatic heterocycles. The first-order valence-electron chi connectivity index (χ1n) is 9.74. The van der Waals surface area contributed by atoms with Gasteiger partial charge in [-0.2, -0.15) is 0 Å². The predicted molar refractivity (Wildman–Crippen MR) is 97.7 cm³/mol. The second-order valence-corrected chi connectivity index (χ2v) is 6.71. The van der Waals surface area contributed by atoms with Crippen molar-refractivity contribution in [1.29, 1.82) is 0 Å². The maximum Gasteiger partial charge on any atom is 0.338 e. The second kappa shape index (κ2) is 12.8. The largest absolute Gasteiger partial charge is 0.459 e. The average molecular weight is 354 g/mol. The Morgan fingerprint density at radius 2 is 1.44 bits per heavy atom. The number of ether oxygens (including phenoxy) is 1. The Bertz CT molecular complexity index is 503. The zero-order valence-electron chi connectivity index (χ0n) is 15.7. The van der Waals surface area contributed by atoms with E-state index in [9.17, 15) is 13.6 Å². The van der Waals surface area contributed by atoms with E-state index in [2.05, 4.69) is 13.8 Å². The van der Waals surface area contributed by atoms with Gasteiger partial charge in [0.2, 0.25) is 0 Å². The molecule has 0 saturated carbocycles. The highest BCUT2D eigenvalue weighted by Gasteiger charge is 2.17. The molecule has 1 rings (SSSR count). The number of carbonyl (C=O) groups excluding carboxylic acids is 1. The molecule has 25 heavy (non-hydrogen) atoms. The van der Waals surface area contributed by atoms with E-state index in [1.807, 2.05) is 0 Å². The van der Waals surface area contributed by atoms with Gasteiger partial charge in [-0.05, 0) is 43.9 Å². The van der Waals surface area contributed by atoms with Crippen LogP contribution in [0.3, 0.4) is 0 Å². The van der Waals surface area contributed by atoms with Crippen molar-refractivity contribution in [3.05, 3.63) is 35.4 Å². The highest BCUT2D eigenvalue weighted by molar-refractivity contribution is 5.89. The van der Waals surface area contributed by atoms with Crippen molar-refractivity contribution >= 4 is 5.97 Å². The molecular weight excluding hydrogens is 322 g/mol. The lowest BCUT2D eigenvalue weighted by Crippen LogP contribution is -2.19. The third-order valence-electron chi connectivity index (χ3n) is 4.44. The smallest absolute Gasteiger partial charge is 0.338 e. The lowest BCUT2D eigenvalue weighted by atomic mass is 10.0. The molecule has 0 radical (unpaired) electrons. The molecule has 0 aliphatic carbocycles. The van der Waals surface area contributed by atoms with Gasteiger partial charge >= 0.3 is 5.97 Å². The third-order valence-corrected chi connectivity index (χ3v) is 4.44. The SMILES string of the molecule is CCCCCCCCC(CCCCC)OC(=O)c1ccc(F)c(F)c1. The van der Waals surface area contributed by atoms with Gasteiger partial charge in [-0.15, -0.1) is 0 Å². The minimum atomic E-state index is -1.02. The molecule has 0 aromatic heterocycles. The van der Waals surface area contributed by atoms with E-state index >= 15 is 0 Å². The first kappa shape index (κ1) is 21.6. The summed E-state index contributed by atoms with van der Waals surface area (Å²) in [5, 5.41) is 0. The van der Waals surface area contributed by atoms with Gasteiger partial charge < -0.3 is 4.74 Å². The van der Waals surface area contributed by atoms with Crippen LogP contribution < -0.4 is 0 Å². The minimum Gasteiger partial charge on any atom is -0.459 e. The minimum absolute atomic E-state index is 0.0716. The van der Waals surface area contributed by atoms with Crippen molar-refractivity contribution in [2.45, 2.75) is 90.6 Å². The number of hydrogen-bond acceptors (Lipinski definition) is 2. The van der Waals surface area contributed by atoms with E-state index in [-0.39, 0.29) is 11.7 Å². The first-order valence-corrected chi connectivity index (χ1v) is 9.74. The van der Waals surface area contributed by atoms with Crippen molar-refractivity contribution < 1.29 is 18.3 Å². The quantitative estimate of drug-likeness (QED) is 0.287. The fourth-order valence-electron chi connectivity index (χ4n) is 2.88. The molecule has 1 aromatic carbocycles. The Morgan fingerprint density at radius 1 is 0.880 bits per heavy atom. The fourth-order valence-corrected chi connectivity index (χ4v) is 2.88. The van der Waals surface area contributed by atoms with Crippen molar-refractivity contribution in [3.63, 3.8) is 0 Å². The van der Waals surface area contributed by atoms with Gasteiger partial charge in [0.15, 0.2) is 11.6 Å². The summed E-state index contributed by atoms with van der Waals surface area (Å²) in [4.78, 5) is 12.2. The summed E-state index contributed by atoms with van der Waals surface area (Å²) in [6.45, 7) is 4.33. The Hall–Kier alpha value is -1.45. The van der Waals surface area contributed by atoms with Crippen molar-refractivity contribution in [2.24, 2.45) is 0 Å². The summed E-state index contributed by atoms with van der Waals surface area (Å²) in [7, 11) is 0. The number of esters is 1. The third kappa shape index (κ3) is 8.99. The molecule has 0 saturated heterocycles.